The lowest BCUT2D eigenvalue weighted by atomic mass is 9.70. The molecule has 0 atom stereocenters. The number of ketones is 1. The van der Waals surface area contributed by atoms with Crippen LogP contribution in [0.3, 0.4) is 0 Å². The van der Waals surface area contributed by atoms with Gasteiger partial charge >= 0.3 is 0 Å². The van der Waals surface area contributed by atoms with Crippen LogP contribution in [0.1, 0.15) is 59.1 Å². The number of hydrogen-bond acceptors (Lipinski definition) is 4. The predicted octanol–water partition coefficient (Wildman–Crippen LogP) is 3.90. The van der Waals surface area contributed by atoms with Crippen molar-refractivity contribution in [2.24, 2.45) is 5.73 Å². The van der Waals surface area contributed by atoms with Crippen LogP contribution in [0, 0.1) is 0 Å². The molecule has 1 aliphatic heterocycles. The summed E-state index contributed by atoms with van der Waals surface area (Å²) >= 11 is 0. The first-order valence-electron chi connectivity index (χ1n) is 10.9. The van der Waals surface area contributed by atoms with Gasteiger partial charge in [0.25, 0.3) is 0 Å². The van der Waals surface area contributed by atoms with Gasteiger partial charge in [0, 0.05) is 52.9 Å². The van der Waals surface area contributed by atoms with Crippen LogP contribution in [-0.2, 0) is 23.1 Å². The number of carbonyl (C=O) groups is 1. The van der Waals surface area contributed by atoms with Crippen LogP contribution in [0.5, 0.6) is 0 Å². The molecule has 3 N–H and O–H groups in total. The van der Waals surface area contributed by atoms with E-state index >= 15 is 0 Å². The van der Waals surface area contributed by atoms with Crippen molar-refractivity contribution in [2.75, 3.05) is 31.2 Å². The minimum absolute atomic E-state index is 0.120. The zero-order valence-corrected chi connectivity index (χ0v) is 18.0. The third kappa shape index (κ3) is 2.72. The second-order valence-electron chi connectivity index (χ2n) is 8.89. The summed E-state index contributed by atoms with van der Waals surface area (Å²) in [6, 6.07) is 10.5. The van der Waals surface area contributed by atoms with Crippen molar-refractivity contribution in [3.63, 3.8) is 0 Å². The summed E-state index contributed by atoms with van der Waals surface area (Å²) in [4.78, 5) is 19.7. The van der Waals surface area contributed by atoms with E-state index < -0.39 is 0 Å². The first kappa shape index (κ1) is 19.3. The number of H-pyrrole nitrogens is 1. The van der Waals surface area contributed by atoms with Gasteiger partial charge in [-0.25, -0.2) is 0 Å². The summed E-state index contributed by atoms with van der Waals surface area (Å²) in [5.41, 5.74) is 13.8. The van der Waals surface area contributed by atoms with E-state index in [9.17, 15) is 4.79 Å². The van der Waals surface area contributed by atoms with Crippen molar-refractivity contribution in [3.8, 4) is 0 Å². The van der Waals surface area contributed by atoms with Crippen LogP contribution >= 0.6 is 0 Å². The van der Waals surface area contributed by atoms with E-state index in [0.717, 1.165) is 71.6 Å². The van der Waals surface area contributed by atoms with Gasteiger partial charge in [-0.15, -0.1) is 0 Å². The molecule has 2 heterocycles. The molecule has 0 unspecified atom stereocenters. The number of rotatable bonds is 3. The maximum absolute atomic E-state index is 13.7. The van der Waals surface area contributed by atoms with Crippen molar-refractivity contribution in [3.05, 3.63) is 63.8 Å². The van der Waals surface area contributed by atoms with Gasteiger partial charge in [0.15, 0.2) is 5.78 Å². The van der Waals surface area contributed by atoms with Crippen LogP contribution < -0.4 is 10.6 Å². The highest BCUT2D eigenvalue weighted by Crippen LogP contribution is 2.45. The Morgan fingerprint density at radius 1 is 1.17 bits per heavy atom. The van der Waals surface area contributed by atoms with Gasteiger partial charge in [0.2, 0.25) is 0 Å². The number of morpholine rings is 1. The second-order valence-corrected chi connectivity index (χ2v) is 8.89. The van der Waals surface area contributed by atoms with Gasteiger partial charge in [0.05, 0.1) is 18.8 Å². The topological polar surface area (TPSA) is 71.3 Å². The van der Waals surface area contributed by atoms with Crippen molar-refractivity contribution in [2.45, 2.75) is 39.2 Å². The van der Waals surface area contributed by atoms with Gasteiger partial charge in [-0.2, -0.15) is 0 Å². The molecule has 2 aliphatic rings. The average Bonchev–Trinajstić information content (AvgIpc) is 3.17. The van der Waals surface area contributed by atoms with Gasteiger partial charge in [-0.1, -0.05) is 32.9 Å². The van der Waals surface area contributed by atoms with Crippen molar-refractivity contribution < 1.29 is 9.53 Å². The van der Waals surface area contributed by atoms with Crippen LogP contribution in [0.15, 0.2) is 30.3 Å². The molecule has 5 heteroatoms. The number of carbonyl (C=O) groups excluding carboxylic acids is 1. The van der Waals surface area contributed by atoms with Crippen LogP contribution in [0.2, 0.25) is 0 Å². The molecule has 156 valence electrons. The molecule has 0 saturated carbocycles. The van der Waals surface area contributed by atoms with Gasteiger partial charge in [-0.3, -0.25) is 4.79 Å². The number of ether oxygens (including phenoxy) is 1. The Labute approximate surface area is 177 Å². The molecule has 5 rings (SSSR count). The third-order valence-corrected chi connectivity index (χ3v) is 6.82. The molecule has 1 aromatic heterocycles. The zero-order chi connectivity index (χ0) is 21.0. The minimum atomic E-state index is -0.298. The maximum atomic E-state index is 13.7. The van der Waals surface area contributed by atoms with Gasteiger partial charge in [-0.05, 0) is 41.3 Å². The number of benzene rings is 2. The Balaban J connectivity index is 1.72. The maximum Gasteiger partial charge on any atom is 0.195 e. The minimum Gasteiger partial charge on any atom is -0.378 e. The number of anilines is 1. The number of nitrogens with two attached hydrogens (primary N) is 1. The van der Waals surface area contributed by atoms with E-state index in [1.54, 1.807) is 0 Å². The highest BCUT2D eigenvalue weighted by atomic mass is 16.5. The molecular weight excluding hydrogens is 374 g/mol. The van der Waals surface area contributed by atoms with Crippen molar-refractivity contribution in [1.82, 2.24) is 4.98 Å². The summed E-state index contributed by atoms with van der Waals surface area (Å²) in [5, 5.41) is 0.987. The number of hydrogen-bond donors (Lipinski definition) is 2. The van der Waals surface area contributed by atoms with Crippen LogP contribution in [0.25, 0.3) is 10.9 Å². The lowest BCUT2D eigenvalue weighted by Crippen LogP contribution is -2.38. The number of nitrogens with one attached hydrogen (secondary N) is 1. The molecule has 0 spiro atoms. The van der Waals surface area contributed by atoms with Crippen LogP contribution in [-0.4, -0.2) is 37.1 Å². The van der Waals surface area contributed by atoms with Crippen molar-refractivity contribution in [1.29, 1.82) is 0 Å². The van der Waals surface area contributed by atoms with E-state index in [4.69, 9.17) is 10.5 Å². The molecule has 3 aromatic rings. The Hall–Kier alpha value is -2.63. The average molecular weight is 404 g/mol. The summed E-state index contributed by atoms with van der Waals surface area (Å²) in [5.74, 6) is 0.120. The number of nitrogens with zero attached hydrogens (tertiary/aromatic N) is 1. The fraction of sp³-hybridized carbons (Fsp3) is 0.400. The largest absolute Gasteiger partial charge is 0.378 e. The quantitative estimate of drug-likeness (QED) is 0.696. The van der Waals surface area contributed by atoms with E-state index in [-0.39, 0.29) is 11.2 Å². The van der Waals surface area contributed by atoms with E-state index in [1.165, 1.54) is 11.3 Å². The highest BCUT2D eigenvalue weighted by molar-refractivity contribution is 6.20. The van der Waals surface area contributed by atoms with Crippen LogP contribution in [0.4, 0.5) is 5.69 Å². The number of fused-ring (bicyclic) bond motifs is 4. The number of aromatic nitrogens is 1. The molecule has 2 aromatic carbocycles. The predicted molar refractivity (Wildman–Crippen MR) is 121 cm³/mol. The second kappa shape index (κ2) is 6.96. The number of aromatic amines is 1. The molecule has 0 bridgehead atoms. The zero-order valence-electron chi connectivity index (χ0n) is 18.0. The molecular formula is C25H29N3O2. The first-order chi connectivity index (χ1) is 14.5. The fourth-order valence-electron chi connectivity index (χ4n) is 5.07. The molecule has 1 aliphatic carbocycles. The molecule has 1 fully saturated rings. The number of aryl methyl sites for hydroxylation is 1. The normalized spacial score (nSPS) is 17.9. The summed E-state index contributed by atoms with van der Waals surface area (Å²) in [6.07, 6.45) is 0.897. The van der Waals surface area contributed by atoms with Gasteiger partial charge < -0.3 is 20.4 Å². The summed E-state index contributed by atoms with van der Waals surface area (Å²) in [6.45, 7) is 10.3. The Morgan fingerprint density at radius 3 is 2.63 bits per heavy atom. The molecule has 0 radical (unpaired) electrons. The standard InChI is InChI=1S/C25H29N3O2/c1-4-16-12-18-19(13-21(16)28-7-9-30-10-8-28)25(2,3)24-22(23(18)29)17-6-5-15(14-26)11-20(17)27-24/h5-6,11-13,27H,4,7-10,14,26H2,1-3H3. The Kier molecular flexibility index (Phi) is 4.49. The first-order valence-corrected chi connectivity index (χ1v) is 10.9. The lowest BCUT2D eigenvalue weighted by Gasteiger charge is -2.36. The Bertz CT molecular complexity index is 1150. The van der Waals surface area contributed by atoms with E-state index in [1.807, 2.05) is 12.1 Å². The summed E-state index contributed by atoms with van der Waals surface area (Å²) < 4.78 is 5.55. The van der Waals surface area contributed by atoms with Crippen molar-refractivity contribution >= 4 is 22.4 Å². The molecule has 0 amide bonds. The highest BCUT2D eigenvalue weighted by Gasteiger charge is 2.40. The fourth-order valence-corrected chi connectivity index (χ4v) is 5.07. The lowest BCUT2D eigenvalue weighted by molar-refractivity contribution is 0.103. The van der Waals surface area contributed by atoms with E-state index in [0.29, 0.717) is 6.54 Å². The summed E-state index contributed by atoms with van der Waals surface area (Å²) in [7, 11) is 0. The molecule has 1 saturated heterocycles. The van der Waals surface area contributed by atoms with Gasteiger partial charge in [0.1, 0.15) is 0 Å². The third-order valence-electron chi connectivity index (χ3n) is 6.82. The smallest absolute Gasteiger partial charge is 0.195 e. The Morgan fingerprint density at radius 2 is 1.93 bits per heavy atom. The molecule has 5 nitrogen and oxygen atoms in total. The SMILES string of the molecule is CCc1cc2c(cc1N1CCOCC1)C(C)(C)c1[nH]c3cc(CN)ccc3c1C2=O. The molecule has 30 heavy (non-hydrogen) atoms. The monoisotopic (exact) mass is 403 g/mol. The van der Waals surface area contributed by atoms with E-state index in [2.05, 4.69) is 48.9 Å².